The van der Waals surface area contributed by atoms with E-state index in [0.717, 1.165) is 37.4 Å². The predicted molar refractivity (Wildman–Crippen MR) is 185 cm³/mol. The number of nitrogens with two attached hydrogens (primary N) is 2. The summed E-state index contributed by atoms with van der Waals surface area (Å²) < 4.78 is 0. The van der Waals surface area contributed by atoms with Crippen molar-refractivity contribution in [1.29, 1.82) is 0 Å². The van der Waals surface area contributed by atoms with Crippen LogP contribution < -0.4 is 27.4 Å². The number of hydrogen-bond donors (Lipinski definition) is 8. The molecule has 0 aliphatic heterocycles. The summed E-state index contributed by atoms with van der Waals surface area (Å²) in [7, 11) is 0. The summed E-state index contributed by atoms with van der Waals surface area (Å²) in [5, 5.41) is 36.0. The number of carboxylic acid groups (broad SMARTS) is 1. The molecule has 0 fully saturated rings. The lowest BCUT2D eigenvalue weighted by Gasteiger charge is -2.25. The minimum atomic E-state index is -1.66. The fourth-order valence-corrected chi connectivity index (χ4v) is 5.77. The molecule has 3 amide bonds. The molecule has 0 aromatic rings. The summed E-state index contributed by atoms with van der Waals surface area (Å²) in [6.45, 7) is 3.07. The summed E-state index contributed by atoms with van der Waals surface area (Å²) >= 11 is 0.770. The van der Waals surface area contributed by atoms with E-state index >= 15 is 0 Å². The minimum Gasteiger partial charge on any atom is -0.480 e. The number of hydrogen-bond acceptors (Lipinski definition) is 9. The summed E-state index contributed by atoms with van der Waals surface area (Å²) in [5.41, 5.74) is 9.47. The molecule has 270 valence electrons. The first-order valence-corrected chi connectivity index (χ1v) is 18.7. The predicted octanol–water partition coefficient (Wildman–Crippen LogP) is 3.66. The van der Waals surface area contributed by atoms with Crippen LogP contribution in [0.1, 0.15) is 142 Å². The van der Waals surface area contributed by atoms with Crippen molar-refractivity contribution in [3.8, 4) is 0 Å². The van der Waals surface area contributed by atoms with Crippen molar-refractivity contribution >= 4 is 35.5 Å². The van der Waals surface area contributed by atoms with Crippen molar-refractivity contribution in [3.63, 3.8) is 0 Å². The monoisotopic (exact) mass is 675 g/mol. The molecule has 0 aliphatic rings. The van der Waals surface area contributed by atoms with Crippen molar-refractivity contribution in [1.82, 2.24) is 16.0 Å². The molecule has 3 atom stereocenters. The third-order valence-electron chi connectivity index (χ3n) is 7.97. The minimum absolute atomic E-state index is 0.0252. The van der Waals surface area contributed by atoms with Gasteiger partial charge in [-0.25, -0.2) is 4.79 Å². The average Bonchev–Trinajstić information content (AvgIpc) is 3.01. The number of carboxylic acids is 1. The van der Waals surface area contributed by atoms with Gasteiger partial charge in [0.15, 0.2) is 0 Å². The van der Waals surface area contributed by atoms with Crippen LogP contribution in [0.25, 0.3) is 0 Å². The van der Waals surface area contributed by atoms with Gasteiger partial charge in [-0.1, -0.05) is 84.0 Å². The number of carbonyl (C=O) groups is 4. The Bertz CT molecular complexity index is 806. The Hall–Kier alpha value is -1.93. The number of aliphatic carboxylic acids is 1. The molecule has 0 aromatic heterocycles. The van der Waals surface area contributed by atoms with Gasteiger partial charge in [0, 0.05) is 12.2 Å². The van der Waals surface area contributed by atoms with E-state index in [2.05, 4.69) is 22.9 Å². The van der Waals surface area contributed by atoms with E-state index in [1.807, 2.05) is 0 Å². The Kier molecular flexibility index (Phi) is 29.1. The second-order valence-electron chi connectivity index (χ2n) is 12.1. The molecule has 13 heteroatoms. The lowest BCUT2D eigenvalue weighted by molar-refractivity contribution is -0.142. The van der Waals surface area contributed by atoms with Crippen LogP contribution in [-0.2, 0) is 19.2 Å². The SMILES string of the molecule is CCCCCCCCCCCCCCCC(=O)N[C@@H](CCCCN)C(=O)N[C@@H](CCSC(O)O)C(=O)N[C@@H](CCCCN)C(=O)O. The number of thioether (sulfide) groups is 1. The number of nitrogens with one attached hydrogen (secondary N) is 3. The molecule has 0 aromatic carbocycles. The van der Waals surface area contributed by atoms with E-state index < -0.39 is 41.5 Å². The standard InChI is InChI=1S/C33H65N5O7S/c1-2-3-4-5-6-7-8-9-10-11-12-13-14-21-29(39)36-26(19-15-17-23-34)30(40)37-27(22-25-46-33(44)45)31(41)38-28(32(42)43)20-16-18-24-35/h26-28,33,44-45H,2-25,34-35H2,1H3,(H,36,39)(H,37,40)(H,38,41)(H,42,43)/t26-,27-,28-/m0/s1. The van der Waals surface area contributed by atoms with Crippen molar-refractivity contribution in [2.75, 3.05) is 18.8 Å². The van der Waals surface area contributed by atoms with Crippen molar-refractivity contribution < 1.29 is 34.5 Å². The Labute approximate surface area is 281 Å². The van der Waals surface area contributed by atoms with Gasteiger partial charge in [0.25, 0.3) is 0 Å². The van der Waals surface area contributed by atoms with Crippen LogP contribution in [-0.4, -0.2) is 81.6 Å². The molecule has 0 aliphatic carbocycles. The topological polar surface area (TPSA) is 217 Å². The molecular weight excluding hydrogens is 610 g/mol. The Morgan fingerprint density at radius 1 is 0.587 bits per heavy atom. The highest BCUT2D eigenvalue weighted by molar-refractivity contribution is 7.99. The zero-order valence-corrected chi connectivity index (χ0v) is 29.1. The lowest BCUT2D eigenvalue weighted by Crippen LogP contribution is -2.56. The average molecular weight is 676 g/mol. The van der Waals surface area contributed by atoms with E-state index in [0.29, 0.717) is 51.6 Å². The van der Waals surface area contributed by atoms with Crippen LogP contribution in [0.3, 0.4) is 0 Å². The summed E-state index contributed by atoms with van der Waals surface area (Å²) in [5.74, 6) is -2.57. The Balaban J connectivity index is 4.92. The normalized spacial score (nSPS) is 13.3. The molecule has 0 spiro atoms. The van der Waals surface area contributed by atoms with E-state index in [1.165, 1.54) is 57.8 Å². The van der Waals surface area contributed by atoms with Crippen molar-refractivity contribution in [2.24, 2.45) is 11.5 Å². The molecule has 0 rings (SSSR count). The van der Waals surface area contributed by atoms with Crippen LogP contribution >= 0.6 is 11.8 Å². The summed E-state index contributed by atoms with van der Waals surface area (Å²) in [6.07, 6.45) is 18.9. The van der Waals surface area contributed by atoms with Gasteiger partial charge in [0.1, 0.15) is 18.1 Å². The third kappa shape index (κ3) is 25.2. The number of carbonyl (C=O) groups excluding carboxylic acids is 3. The summed E-state index contributed by atoms with van der Waals surface area (Å²) in [4.78, 5) is 50.9. The van der Waals surface area contributed by atoms with Crippen LogP contribution in [0, 0.1) is 0 Å². The lowest BCUT2D eigenvalue weighted by atomic mass is 10.0. The van der Waals surface area contributed by atoms with Gasteiger partial charge in [-0.05, 0) is 64.5 Å². The number of aliphatic hydroxyl groups is 2. The summed E-state index contributed by atoms with van der Waals surface area (Å²) in [6, 6.07) is -3.17. The van der Waals surface area contributed by atoms with Gasteiger partial charge < -0.3 is 42.7 Å². The fraction of sp³-hybridized carbons (Fsp3) is 0.879. The van der Waals surface area contributed by atoms with Crippen LogP contribution in [0.5, 0.6) is 0 Å². The van der Waals surface area contributed by atoms with E-state index in [-0.39, 0.29) is 24.5 Å². The highest BCUT2D eigenvalue weighted by Crippen LogP contribution is 2.14. The molecule has 10 N–H and O–H groups in total. The number of unbranched alkanes of at least 4 members (excludes halogenated alkanes) is 14. The maximum Gasteiger partial charge on any atom is 0.326 e. The molecular formula is C33H65N5O7S. The van der Waals surface area contributed by atoms with Crippen molar-refractivity contribution in [3.05, 3.63) is 0 Å². The van der Waals surface area contributed by atoms with E-state index in [4.69, 9.17) is 11.5 Å². The molecule has 0 radical (unpaired) electrons. The molecule has 12 nitrogen and oxygen atoms in total. The van der Waals surface area contributed by atoms with E-state index in [1.54, 1.807) is 0 Å². The smallest absolute Gasteiger partial charge is 0.326 e. The Morgan fingerprint density at radius 2 is 1.02 bits per heavy atom. The highest BCUT2D eigenvalue weighted by Gasteiger charge is 2.29. The number of amides is 3. The van der Waals surface area contributed by atoms with Crippen molar-refractivity contribution in [2.45, 2.75) is 166 Å². The highest BCUT2D eigenvalue weighted by atomic mass is 32.2. The first kappa shape index (κ1) is 44.1. The van der Waals surface area contributed by atoms with Gasteiger partial charge in [-0.15, -0.1) is 11.8 Å². The van der Waals surface area contributed by atoms with Crippen LogP contribution in [0.4, 0.5) is 0 Å². The van der Waals surface area contributed by atoms with Gasteiger partial charge in [0.2, 0.25) is 23.3 Å². The van der Waals surface area contributed by atoms with Gasteiger partial charge in [0.05, 0.1) is 0 Å². The van der Waals surface area contributed by atoms with Crippen LogP contribution in [0.2, 0.25) is 0 Å². The first-order valence-electron chi connectivity index (χ1n) is 17.7. The number of aliphatic hydroxyl groups excluding tert-OH is 1. The van der Waals surface area contributed by atoms with E-state index in [9.17, 15) is 34.5 Å². The maximum atomic E-state index is 13.3. The molecule has 46 heavy (non-hydrogen) atoms. The molecule has 0 unspecified atom stereocenters. The maximum absolute atomic E-state index is 13.3. The third-order valence-corrected chi connectivity index (χ3v) is 8.74. The zero-order valence-electron chi connectivity index (χ0n) is 28.3. The van der Waals surface area contributed by atoms with Gasteiger partial charge in [-0.2, -0.15) is 0 Å². The molecule has 0 bridgehead atoms. The van der Waals surface area contributed by atoms with Gasteiger partial charge in [-0.3, -0.25) is 14.4 Å². The molecule has 0 saturated heterocycles. The fourth-order valence-electron chi connectivity index (χ4n) is 5.19. The second kappa shape index (κ2) is 30.4. The second-order valence-corrected chi connectivity index (χ2v) is 13.3. The van der Waals surface area contributed by atoms with Crippen LogP contribution in [0.15, 0.2) is 0 Å². The number of rotatable bonds is 32. The van der Waals surface area contributed by atoms with Gasteiger partial charge >= 0.3 is 5.97 Å². The first-order chi connectivity index (χ1) is 22.2. The zero-order chi connectivity index (χ0) is 34.4. The largest absolute Gasteiger partial charge is 0.480 e. The molecule has 0 saturated carbocycles. The Morgan fingerprint density at radius 3 is 1.48 bits per heavy atom. The quantitative estimate of drug-likeness (QED) is 0.0382. The molecule has 0 heterocycles.